The Morgan fingerprint density at radius 3 is 2.33 bits per heavy atom. The van der Waals surface area contributed by atoms with Gasteiger partial charge in [-0.05, 0) is 19.3 Å². The Kier molecular flexibility index (Phi) is 8.06. The van der Waals surface area contributed by atoms with Crippen LogP contribution in [0.15, 0.2) is 12.2 Å². The first-order chi connectivity index (χ1) is 7.11. The van der Waals surface area contributed by atoms with Crippen LogP contribution in [0.25, 0.3) is 0 Å². The van der Waals surface area contributed by atoms with E-state index in [-0.39, 0.29) is 11.8 Å². The summed E-state index contributed by atoms with van der Waals surface area (Å²) >= 11 is 0. The smallest absolute Gasteiger partial charge is 0.222 e. The van der Waals surface area contributed by atoms with Gasteiger partial charge in [-0.1, -0.05) is 45.3 Å². The molecule has 1 fully saturated rings. The molecule has 1 aliphatic carbocycles. The standard InChI is InChI=1S/C8H15NO.C5H10/c1-4-5-6-7(2)8(10)9-3;1-5-3-2-4-5/h4-5,7H,6H2,1-3H3,(H,9,10);5H,2-4H2,1H3/b5-4+;. The second-order valence-electron chi connectivity index (χ2n) is 4.36. The van der Waals surface area contributed by atoms with E-state index >= 15 is 0 Å². The maximum absolute atomic E-state index is 10.9. The molecule has 0 heterocycles. The third kappa shape index (κ3) is 7.18. The number of hydrogen-bond acceptors (Lipinski definition) is 1. The van der Waals surface area contributed by atoms with Crippen molar-refractivity contribution >= 4 is 5.91 Å². The van der Waals surface area contributed by atoms with Crippen molar-refractivity contribution in [2.75, 3.05) is 7.05 Å². The average molecular weight is 211 g/mol. The second kappa shape index (κ2) is 8.51. The molecule has 0 radical (unpaired) electrons. The Morgan fingerprint density at radius 1 is 1.53 bits per heavy atom. The lowest BCUT2D eigenvalue weighted by Crippen LogP contribution is -2.24. The number of nitrogens with one attached hydrogen (secondary N) is 1. The lowest BCUT2D eigenvalue weighted by Gasteiger charge is -2.18. The SMILES string of the molecule is C/C=C/CC(C)C(=O)NC.CC1CCC1. The molecule has 1 N–H and O–H groups in total. The molecule has 2 heteroatoms. The number of amides is 1. The summed E-state index contributed by atoms with van der Waals surface area (Å²) in [6, 6.07) is 0. The van der Waals surface area contributed by atoms with Crippen molar-refractivity contribution in [1.82, 2.24) is 5.32 Å². The van der Waals surface area contributed by atoms with Crippen molar-refractivity contribution in [3.05, 3.63) is 12.2 Å². The Bertz CT molecular complexity index is 195. The van der Waals surface area contributed by atoms with Gasteiger partial charge in [0.2, 0.25) is 5.91 Å². The summed E-state index contributed by atoms with van der Waals surface area (Å²) in [7, 11) is 1.66. The van der Waals surface area contributed by atoms with E-state index in [1.807, 2.05) is 26.0 Å². The van der Waals surface area contributed by atoms with E-state index in [4.69, 9.17) is 0 Å². The van der Waals surface area contributed by atoms with Crippen LogP contribution in [0.3, 0.4) is 0 Å². The van der Waals surface area contributed by atoms with Crippen LogP contribution in [0.2, 0.25) is 0 Å². The third-order valence-corrected chi connectivity index (χ3v) is 2.81. The van der Waals surface area contributed by atoms with Gasteiger partial charge in [0.1, 0.15) is 0 Å². The lowest BCUT2D eigenvalue weighted by molar-refractivity contribution is -0.123. The normalized spacial score (nSPS) is 17.6. The molecule has 2 nitrogen and oxygen atoms in total. The highest BCUT2D eigenvalue weighted by atomic mass is 16.1. The molecule has 0 aromatic carbocycles. The lowest BCUT2D eigenvalue weighted by atomic mass is 9.88. The number of carbonyl (C=O) groups excluding carboxylic acids is 1. The van der Waals surface area contributed by atoms with Crippen LogP contribution >= 0.6 is 0 Å². The van der Waals surface area contributed by atoms with Gasteiger partial charge in [0, 0.05) is 13.0 Å². The van der Waals surface area contributed by atoms with Gasteiger partial charge < -0.3 is 5.32 Å². The molecule has 1 rings (SSSR count). The van der Waals surface area contributed by atoms with Crippen molar-refractivity contribution in [2.45, 2.75) is 46.5 Å². The van der Waals surface area contributed by atoms with Crippen molar-refractivity contribution < 1.29 is 4.79 Å². The highest BCUT2D eigenvalue weighted by Crippen LogP contribution is 2.24. The number of allylic oxidation sites excluding steroid dienone is 2. The summed E-state index contributed by atoms with van der Waals surface area (Å²) < 4.78 is 0. The summed E-state index contributed by atoms with van der Waals surface area (Å²) in [5.41, 5.74) is 0. The number of hydrogen-bond donors (Lipinski definition) is 1. The minimum atomic E-state index is 0.0983. The Balaban J connectivity index is 0.000000322. The van der Waals surface area contributed by atoms with Crippen molar-refractivity contribution in [3.63, 3.8) is 0 Å². The van der Waals surface area contributed by atoms with E-state index in [0.29, 0.717) is 0 Å². The average Bonchev–Trinajstić information content (AvgIpc) is 2.22. The zero-order valence-electron chi connectivity index (χ0n) is 10.5. The van der Waals surface area contributed by atoms with Gasteiger partial charge in [0.15, 0.2) is 0 Å². The summed E-state index contributed by atoms with van der Waals surface area (Å²) in [6.45, 7) is 6.18. The van der Waals surface area contributed by atoms with Gasteiger partial charge in [0.05, 0.1) is 0 Å². The van der Waals surface area contributed by atoms with Crippen LogP contribution in [-0.4, -0.2) is 13.0 Å². The van der Waals surface area contributed by atoms with Crippen LogP contribution in [0.5, 0.6) is 0 Å². The molecule has 1 aliphatic rings. The molecule has 0 spiro atoms. The molecule has 0 aliphatic heterocycles. The molecule has 88 valence electrons. The first-order valence-electron chi connectivity index (χ1n) is 5.94. The number of carbonyl (C=O) groups is 1. The molecule has 1 atom stereocenters. The molecule has 0 aromatic heterocycles. The molecule has 1 unspecified atom stereocenters. The van der Waals surface area contributed by atoms with E-state index in [0.717, 1.165) is 12.3 Å². The monoisotopic (exact) mass is 211 g/mol. The summed E-state index contributed by atoms with van der Waals surface area (Å²) in [5.74, 6) is 1.27. The quantitative estimate of drug-likeness (QED) is 0.714. The topological polar surface area (TPSA) is 29.1 Å². The fourth-order valence-electron chi connectivity index (χ4n) is 1.31. The van der Waals surface area contributed by atoms with Gasteiger partial charge >= 0.3 is 0 Å². The van der Waals surface area contributed by atoms with Gasteiger partial charge in [-0.25, -0.2) is 0 Å². The van der Waals surface area contributed by atoms with Gasteiger partial charge in [-0.3, -0.25) is 4.79 Å². The third-order valence-electron chi connectivity index (χ3n) is 2.81. The van der Waals surface area contributed by atoms with E-state index in [2.05, 4.69) is 12.2 Å². The van der Waals surface area contributed by atoms with Crippen molar-refractivity contribution in [2.24, 2.45) is 11.8 Å². The summed E-state index contributed by atoms with van der Waals surface area (Å²) in [6.07, 6.45) is 9.25. The van der Waals surface area contributed by atoms with Crippen molar-refractivity contribution in [1.29, 1.82) is 0 Å². The molecular formula is C13H25NO. The molecule has 15 heavy (non-hydrogen) atoms. The fourth-order valence-corrected chi connectivity index (χ4v) is 1.31. The zero-order valence-corrected chi connectivity index (χ0v) is 10.5. The highest BCUT2D eigenvalue weighted by molar-refractivity contribution is 5.77. The maximum Gasteiger partial charge on any atom is 0.222 e. The highest BCUT2D eigenvalue weighted by Gasteiger charge is 2.09. The van der Waals surface area contributed by atoms with E-state index in [1.165, 1.54) is 19.3 Å². The molecular weight excluding hydrogens is 186 g/mol. The van der Waals surface area contributed by atoms with Crippen LogP contribution in [0, 0.1) is 11.8 Å². The minimum Gasteiger partial charge on any atom is -0.359 e. The zero-order chi connectivity index (χ0) is 11.7. The predicted molar refractivity (Wildman–Crippen MR) is 65.7 cm³/mol. The van der Waals surface area contributed by atoms with E-state index in [1.54, 1.807) is 7.05 Å². The van der Waals surface area contributed by atoms with Crippen molar-refractivity contribution in [3.8, 4) is 0 Å². The van der Waals surface area contributed by atoms with Crippen LogP contribution in [0.4, 0.5) is 0 Å². The second-order valence-corrected chi connectivity index (χ2v) is 4.36. The Labute approximate surface area is 94.1 Å². The fraction of sp³-hybridized carbons (Fsp3) is 0.769. The first-order valence-corrected chi connectivity index (χ1v) is 5.94. The summed E-state index contributed by atoms with van der Waals surface area (Å²) in [5, 5.41) is 2.60. The Morgan fingerprint density at radius 2 is 2.07 bits per heavy atom. The maximum atomic E-state index is 10.9. The van der Waals surface area contributed by atoms with E-state index < -0.39 is 0 Å². The van der Waals surface area contributed by atoms with E-state index in [9.17, 15) is 4.79 Å². The van der Waals surface area contributed by atoms with Gasteiger partial charge in [-0.15, -0.1) is 0 Å². The van der Waals surface area contributed by atoms with Crippen LogP contribution in [0.1, 0.15) is 46.5 Å². The molecule has 0 bridgehead atoms. The molecule has 1 saturated carbocycles. The largest absolute Gasteiger partial charge is 0.359 e. The first kappa shape index (κ1) is 14.2. The molecule has 1 amide bonds. The summed E-state index contributed by atoms with van der Waals surface area (Å²) in [4.78, 5) is 10.9. The Hall–Kier alpha value is -0.790. The van der Waals surface area contributed by atoms with Crippen LogP contribution < -0.4 is 5.32 Å². The van der Waals surface area contributed by atoms with Gasteiger partial charge in [-0.2, -0.15) is 0 Å². The van der Waals surface area contributed by atoms with Crippen LogP contribution in [-0.2, 0) is 4.79 Å². The molecule has 0 aromatic rings. The molecule has 0 saturated heterocycles. The number of rotatable bonds is 3. The van der Waals surface area contributed by atoms with Gasteiger partial charge in [0.25, 0.3) is 0 Å². The predicted octanol–water partition coefficient (Wildman–Crippen LogP) is 3.14. The minimum absolute atomic E-state index is 0.0983.